The third kappa shape index (κ3) is 11.7. The van der Waals surface area contributed by atoms with Crippen molar-refractivity contribution < 1.29 is 37.1 Å². The van der Waals surface area contributed by atoms with Crippen molar-refractivity contribution in [3.05, 3.63) is 41.4 Å². The first-order valence-electron chi connectivity index (χ1n) is 19.5. The Labute approximate surface area is 339 Å². The lowest BCUT2D eigenvalue weighted by atomic mass is 9.98. The number of carbonyl (C=O) groups is 5. The Kier molecular flexibility index (Phi) is 14.0. The van der Waals surface area contributed by atoms with E-state index in [4.69, 9.17) is 4.74 Å². The number of aromatic nitrogens is 2. The van der Waals surface area contributed by atoms with E-state index in [0.29, 0.717) is 43.5 Å². The highest BCUT2D eigenvalue weighted by molar-refractivity contribution is 7.90. The third-order valence-corrected chi connectivity index (χ3v) is 12.9. The number of amides is 5. The fourth-order valence-corrected chi connectivity index (χ4v) is 9.05. The van der Waals surface area contributed by atoms with Crippen LogP contribution >= 0.6 is 11.3 Å². The number of nitrogens with one attached hydrogen (secondary N) is 3. The number of allylic oxidation sites excluding steroid dienone is 1. The van der Waals surface area contributed by atoms with Gasteiger partial charge in [0.25, 0.3) is 11.8 Å². The summed E-state index contributed by atoms with van der Waals surface area (Å²) < 4.78 is 33.2. The van der Waals surface area contributed by atoms with Gasteiger partial charge >= 0.3 is 6.09 Å². The predicted octanol–water partition coefficient (Wildman–Crippen LogP) is 3.70. The van der Waals surface area contributed by atoms with Crippen LogP contribution in [0.4, 0.5) is 9.93 Å². The normalized spacial score (nSPS) is 24.3. The molecule has 5 rings (SSSR count). The Morgan fingerprint density at radius 2 is 1.77 bits per heavy atom. The Morgan fingerprint density at radius 3 is 2.44 bits per heavy atom. The summed E-state index contributed by atoms with van der Waals surface area (Å²) in [5, 5.41) is 7.54. The van der Waals surface area contributed by atoms with Gasteiger partial charge in [0.05, 0.1) is 10.9 Å². The van der Waals surface area contributed by atoms with Crippen LogP contribution in [0.25, 0.3) is 11.4 Å². The number of nitrogens with zero attached hydrogens (tertiary/aromatic N) is 5. The number of thiazole rings is 1. The van der Waals surface area contributed by atoms with Crippen LogP contribution in [0.1, 0.15) is 89.5 Å². The summed E-state index contributed by atoms with van der Waals surface area (Å²) in [6, 6.07) is 1.78. The maximum atomic E-state index is 14.5. The molecule has 3 aliphatic rings. The molecule has 5 atom stereocenters. The van der Waals surface area contributed by atoms with Gasteiger partial charge in [-0.3, -0.25) is 23.9 Å². The predicted molar refractivity (Wildman–Crippen MR) is 217 cm³/mol. The van der Waals surface area contributed by atoms with Crippen LogP contribution < -0.4 is 20.3 Å². The third-order valence-electron chi connectivity index (χ3n) is 10.1. The second-order valence-electron chi connectivity index (χ2n) is 16.4. The zero-order chi connectivity index (χ0) is 41.7. The van der Waals surface area contributed by atoms with Crippen molar-refractivity contribution in [2.24, 2.45) is 11.8 Å². The smallest absolute Gasteiger partial charge is 0.408 e. The highest BCUT2D eigenvalue weighted by Crippen LogP contribution is 2.30. The maximum Gasteiger partial charge on any atom is 0.408 e. The van der Waals surface area contributed by atoms with Crippen molar-refractivity contribution in [2.45, 2.75) is 108 Å². The van der Waals surface area contributed by atoms with E-state index < -0.39 is 68.7 Å². The number of carbonyl (C=O) groups excluding carboxylic acids is 5. The zero-order valence-corrected chi connectivity index (χ0v) is 35.5. The van der Waals surface area contributed by atoms with Gasteiger partial charge in [0.15, 0.2) is 5.13 Å². The van der Waals surface area contributed by atoms with Gasteiger partial charge in [-0.25, -0.2) is 23.2 Å². The van der Waals surface area contributed by atoms with Gasteiger partial charge < -0.3 is 30.1 Å². The first kappa shape index (κ1) is 43.5. The molecule has 5 amide bonds. The highest BCUT2D eigenvalue weighted by Gasteiger charge is 2.45. The van der Waals surface area contributed by atoms with Crippen molar-refractivity contribution >= 4 is 56.2 Å². The molecule has 3 N–H and O–H groups in total. The number of hydrogen-bond donors (Lipinski definition) is 3. The first-order chi connectivity index (χ1) is 26.8. The molecule has 1 saturated heterocycles. The molecule has 4 heterocycles. The number of pyridine rings is 1. The maximum absolute atomic E-state index is 14.5. The average molecular weight is 829 g/mol. The van der Waals surface area contributed by atoms with Crippen molar-refractivity contribution in [1.82, 2.24) is 35.1 Å². The molecular weight excluding hydrogens is 773 g/mol. The van der Waals surface area contributed by atoms with Crippen molar-refractivity contribution in [1.29, 1.82) is 0 Å². The second-order valence-corrected chi connectivity index (χ2v) is 19.2. The Balaban J connectivity index is 1.40. The summed E-state index contributed by atoms with van der Waals surface area (Å²) in [5.74, 6) is -3.33. The molecule has 0 radical (unpaired) electrons. The summed E-state index contributed by atoms with van der Waals surface area (Å²) in [7, 11) is 1.50. The number of sulfonamides is 1. The molecule has 2 aliphatic heterocycles. The lowest BCUT2D eigenvalue weighted by Gasteiger charge is -2.31. The van der Waals surface area contributed by atoms with Gasteiger partial charge in [-0.2, -0.15) is 0 Å². The first-order valence-corrected chi connectivity index (χ1v) is 21.9. The second kappa shape index (κ2) is 18.3. The van der Waals surface area contributed by atoms with E-state index in [0.717, 1.165) is 18.0 Å². The van der Waals surface area contributed by atoms with E-state index in [1.165, 1.54) is 21.1 Å². The van der Waals surface area contributed by atoms with Gasteiger partial charge in [0, 0.05) is 45.5 Å². The number of rotatable bonds is 9. The Bertz CT molecular complexity index is 1940. The van der Waals surface area contributed by atoms with Crippen LogP contribution in [0.15, 0.2) is 35.7 Å². The van der Waals surface area contributed by atoms with Crippen LogP contribution in [0.5, 0.6) is 0 Å². The molecule has 2 fully saturated rings. The number of ether oxygens (including phenoxy) is 1. The van der Waals surface area contributed by atoms with Gasteiger partial charge in [0.1, 0.15) is 35.1 Å². The molecule has 312 valence electrons. The number of hydrogen-bond acceptors (Lipinski definition) is 12. The van der Waals surface area contributed by atoms with E-state index in [1.54, 1.807) is 59.0 Å². The molecule has 0 bridgehead atoms. The summed E-state index contributed by atoms with van der Waals surface area (Å²) in [5.41, 5.74) is 0.571. The lowest BCUT2D eigenvalue weighted by molar-refractivity contribution is -0.141. The molecule has 57 heavy (non-hydrogen) atoms. The van der Waals surface area contributed by atoms with Gasteiger partial charge in [-0.1, -0.05) is 38.0 Å². The largest absolute Gasteiger partial charge is 0.444 e. The lowest BCUT2D eigenvalue weighted by Crippen LogP contribution is -2.58. The molecule has 16 nitrogen and oxygen atoms in total. The number of anilines is 1. The van der Waals surface area contributed by atoms with E-state index in [9.17, 15) is 32.4 Å². The fourth-order valence-electron chi connectivity index (χ4n) is 6.96. The van der Waals surface area contributed by atoms with Crippen molar-refractivity contribution in [3.8, 4) is 11.4 Å². The van der Waals surface area contributed by atoms with Gasteiger partial charge in [0.2, 0.25) is 21.8 Å². The average Bonchev–Trinajstić information content (AvgIpc) is 3.75. The fraction of sp³-hybridized carbons (Fsp3) is 0.615. The quantitative estimate of drug-likeness (QED) is 0.312. The summed E-state index contributed by atoms with van der Waals surface area (Å²) >= 11 is 1.46. The summed E-state index contributed by atoms with van der Waals surface area (Å²) in [6.07, 6.45) is 7.05. The minimum absolute atomic E-state index is 0.0724. The molecule has 2 aromatic heterocycles. The van der Waals surface area contributed by atoms with Crippen molar-refractivity contribution in [3.63, 3.8) is 0 Å². The van der Waals surface area contributed by atoms with E-state index in [-0.39, 0.29) is 37.0 Å². The SMILES string of the molecule is C[C@H]1/C=C\CCCCC[C@H](NC(=O)OC(C)(C)C)C(=O)N2C[C@H](CN(C)C(=O)c3cccc(-c4csc(N(C)C)n4)n3)C[C@H]2C(=O)NC1C(=O)NS(=O)(=O)C1CC1. The van der Waals surface area contributed by atoms with E-state index >= 15 is 0 Å². The zero-order valence-electron chi connectivity index (χ0n) is 33.8. The summed E-state index contributed by atoms with van der Waals surface area (Å²) in [6.45, 7) is 7.11. The highest BCUT2D eigenvalue weighted by atomic mass is 32.2. The molecule has 1 aliphatic carbocycles. The number of alkyl carbamates (subject to hydrolysis) is 1. The number of fused-ring (bicyclic) bond motifs is 1. The van der Waals surface area contributed by atoms with Crippen LogP contribution in [0.3, 0.4) is 0 Å². The minimum Gasteiger partial charge on any atom is -0.444 e. The van der Waals surface area contributed by atoms with Gasteiger partial charge in [-0.15, -0.1) is 11.3 Å². The molecule has 2 aromatic rings. The molecule has 0 aromatic carbocycles. The molecule has 18 heteroatoms. The molecule has 1 saturated carbocycles. The Morgan fingerprint density at radius 1 is 1.04 bits per heavy atom. The standard InChI is InChI=1S/C39H56N8O8S2/c1-24-14-11-9-8-10-12-15-29(42-38(52)55-39(2,3)4)36(51)47-22-25(20-31(47)33(48)43-32(24)34(49)44-57(53,54)26-18-19-26)21-46(7)35(50)28-17-13-16-27(40-28)30-23-56-37(41-30)45(5)6/h11,13-14,16-17,23-26,29,31-32H,8-10,12,15,18-22H2,1-7H3,(H,42,52)(H,43,48)(H,44,49)/b14-11-/t24-,25-,29-,31-,32?/m0/s1. The topological polar surface area (TPSA) is 200 Å². The van der Waals surface area contributed by atoms with Crippen LogP contribution in [0, 0.1) is 11.8 Å². The van der Waals surface area contributed by atoms with E-state index in [1.807, 2.05) is 30.5 Å². The van der Waals surface area contributed by atoms with Gasteiger partial charge in [-0.05, 0) is 77.3 Å². The van der Waals surface area contributed by atoms with Crippen molar-refractivity contribution in [2.75, 3.05) is 39.1 Å². The Hall–Kier alpha value is -4.58. The van der Waals surface area contributed by atoms with Crippen LogP contribution in [-0.2, 0) is 29.1 Å². The van der Waals surface area contributed by atoms with Crippen LogP contribution in [0.2, 0.25) is 0 Å². The molecular formula is C39H56N8O8S2. The monoisotopic (exact) mass is 828 g/mol. The minimum atomic E-state index is -3.91. The summed E-state index contributed by atoms with van der Waals surface area (Å²) in [4.78, 5) is 83.1. The molecule has 0 spiro atoms. The van der Waals surface area contributed by atoms with Crippen LogP contribution in [-0.4, -0.2) is 121 Å². The van der Waals surface area contributed by atoms with E-state index in [2.05, 4.69) is 25.3 Å². The molecule has 1 unspecified atom stereocenters.